The molecule has 72 valence electrons. The van der Waals surface area contributed by atoms with Gasteiger partial charge in [0, 0.05) is 11.6 Å². The minimum Gasteiger partial charge on any atom is -0.325 e. The van der Waals surface area contributed by atoms with Crippen molar-refractivity contribution in [1.82, 2.24) is 15.0 Å². The molecule has 1 aromatic heterocycles. The minimum absolute atomic E-state index is 0.402. The third kappa shape index (κ3) is 1.62. The number of hydrogen-bond donors (Lipinski definition) is 1. The molecule has 0 spiro atoms. The van der Waals surface area contributed by atoms with Gasteiger partial charge in [-0.25, -0.2) is 4.68 Å². The van der Waals surface area contributed by atoms with E-state index in [-0.39, 0.29) is 0 Å². The van der Waals surface area contributed by atoms with Gasteiger partial charge in [-0.15, -0.1) is 5.10 Å². The van der Waals surface area contributed by atoms with Gasteiger partial charge in [-0.05, 0) is 18.2 Å². The third-order valence-corrected chi connectivity index (χ3v) is 2.12. The molecule has 2 N–H and O–H groups in total. The molecule has 1 aromatic carbocycles. The number of rotatable bonds is 2. The number of halogens is 1. The largest absolute Gasteiger partial charge is 0.325 e. The first-order chi connectivity index (χ1) is 6.81. The van der Waals surface area contributed by atoms with Gasteiger partial charge in [0.1, 0.15) is 0 Å². The lowest BCUT2D eigenvalue weighted by Crippen LogP contribution is -2.06. The number of nitrogens with zero attached hydrogens (tertiary/aromatic N) is 3. The van der Waals surface area contributed by atoms with Gasteiger partial charge in [0.15, 0.2) is 0 Å². The van der Waals surface area contributed by atoms with Crippen LogP contribution in [0.1, 0.15) is 5.69 Å². The van der Waals surface area contributed by atoms with E-state index in [4.69, 9.17) is 17.3 Å². The highest BCUT2D eigenvalue weighted by molar-refractivity contribution is 6.30. The van der Waals surface area contributed by atoms with Gasteiger partial charge in [-0.3, -0.25) is 0 Å². The van der Waals surface area contributed by atoms with Crippen molar-refractivity contribution < 1.29 is 0 Å². The summed E-state index contributed by atoms with van der Waals surface area (Å²) in [7, 11) is 0. The molecule has 0 saturated carbocycles. The first-order valence-corrected chi connectivity index (χ1v) is 4.54. The molecule has 0 amide bonds. The lowest BCUT2D eigenvalue weighted by Gasteiger charge is -2.03. The molecule has 2 aromatic rings. The Morgan fingerprint density at radius 1 is 1.43 bits per heavy atom. The molecular formula is C9H9ClN4. The zero-order valence-electron chi connectivity index (χ0n) is 7.39. The predicted octanol–water partition coefficient (Wildman–Crippen LogP) is 1.38. The van der Waals surface area contributed by atoms with Crippen LogP contribution in [0.15, 0.2) is 30.5 Å². The van der Waals surface area contributed by atoms with Crippen LogP contribution in [0.3, 0.4) is 0 Å². The first-order valence-electron chi connectivity index (χ1n) is 4.17. The Morgan fingerprint density at radius 3 is 3.00 bits per heavy atom. The Morgan fingerprint density at radius 2 is 2.29 bits per heavy atom. The van der Waals surface area contributed by atoms with Crippen molar-refractivity contribution in [3.63, 3.8) is 0 Å². The van der Waals surface area contributed by atoms with Gasteiger partial charge in [0.05, 0.1) is 17.6 Å². The van der Waals surface area contributed by atoms with E-state index in [0.717, 1.165) is 11.4 Å². The summed E-state index contributed by atoms with van der Waals surface area (Å²) in [6, 6.07) is 7.39. The van der Waals surface area contributed by atoms with Crippen LogP contribution in [0, 0.1) is 0 Å². The van der Waals surface area contributed by atoms with Gasteiger partial charge in [-0.1, -0.05) is 22.9 Å². The van der Waals surface area contributed by atoms with E-state index in [1.807, 2.05) is 24.3 Å². The van der Waals surface area contributed by atoms with Crippen LogP contribution in [0.5, 0.6) is 0 Å². The van der Waals surface area contributed by atoms with Crippen molar-refractivity contribution in [2.24, 2.45) is 5.73 Å². The van der Waals surface area contributed by atoms with Gasteiger partial charge in [-0.2, -0.15) is 0 Å². The molecule has 0 fully saturated rings. The molecule has 0 radical (unpaired) electrons. The van der Waals surface area contributed by atoms with Crippen LogP contribution >= 0.6 is 11.6 Å². The monoisotopic (exact) mass is 208 g/mol. The number of benzene rings is 1. The molecule has 5 heteroatoms. The van der Waals surface area contributed by atoms with Gasteiger partial charge in [0.25, 0.3) is 0 Å². The third-order valence-electron chi connectivity index (χ3n) is 1.88. The Balaban J connectivity index is 2.49. The summed E-state index contributed by atoms with van der Waals surface area (Å²) in [5.41, 5.74) is 7.26. The fourth-order valence-electron chi connectivity index (χ4n) is 1.22. The summed E-state index contributed by atoms with van der Waals surface area (Å²) >= 11 is 5.86. The molecule has 4 nitrogen and oxygen atoms in total. The highest BCUT2D eigenvalue weighted by Crippen LogP contribution is 2.14. The highest BCUT2D eigenvalue weighted by Gasteiger charge is 2.03. The maximum Gasteiger partial charge on any atom is 0.0781 e. The van der Waals surface area contributed by atoms with Crippen LogP contribution in [-0.4, -0.2) is 15.0 Å². The van der Waals surface area contributed by atoms with E-state index in [1.54, 1.807) is 10.9 Å². The molecular weight excluding hydrogens is 200 g/mol. The second-order valence-electron chi connectivity index (χ2n) is 2.82. The Bertz CT molecular complexity index is 438. The fourth-order valence-corrected chi connectivity index (χ4v) is 1.41. The summed E-state index contributed by atoms with van der Waals surface area (Å²) in [4.78, 5) is 0. The molecule has 0 saturated heterocycles. The Hall–Kier alpha value is -1.39. The van der Waals surface area contributed by atoms with E-state index in [1.165, 1.54) is 0 Å². The zero-order valence-corrected chi connectivity index (χ0v) is 8.15. The Labute approximate surface area is 86.3 Å². The van der Waals surface area contributed by atoms with E-state index in [2.05, 4.69) is 10.3 Å². The zero-order chi connectivity index (χ0) is 9.97. The quantitative estimate of drug-likeness (QED) is 0.811. The van der Waals surface area contributed by atoms with E-state index >= 15 is 0 Å². The van der Waals surface area contributed by atoms with Crippen LogP contribution in [0.25, 0.3) is 5.69 Å². The number of nitrogens with two attached hydrogens (primary N) is 1. The minimum atomic E-state index is 0.402. The van der Waals surface area contributed by atoms with Crippen molar-refractivity contribution in [3.8, 4) is 5.69 Å². The second kappa shape index (κ2) is 3.77. The molecule has 0 aliphatic carbocycles. The topological polar surface area (TPSA) is 56.7 Å². The molecule has 0 aliphatic rings. The van der Waals surface area contributed by atoms with E-state index in [9.17, 15) is 0 Å². The summed E-state index contributed by atoms with van der Waals surface area (Å²) in [6.07, 6.45) is 1.64. The van der Waals surface area contributed by atoms with E-state index in [0.29, 0.717) is 11.6 Å². The SMILES string of the molecule is NCc1cnnn1-c1cccc(Cl)c1. The van der Waals surface area contributed by atoms with Crippen LogP contribution in [0.2, 0.25) is 5.02 Å². The second-order valence-corrected chi connectivity index (χ2v) is 3.26. The summed E-state index contributed by atoms with van der Waals surface area (Å²) < 4.78 is 1.67. The van der Waals surface area contributed by atoms with Crippen LogP contribution in [0.4, 0.5) is 0 Å². The molecule has 14 heavy (non-hydrogen) atoms. The molecule has 2 rings (SSSR count). The van der Waals surface area contributed by atoms with Crippen LogP contribution < -0.4 is 5.73 Å². The van der Waals surface area contributed by atoms with Crippen molar-refractivity contribution in [1.29, 1.82) is 0 Å². The van der Waals surface area contributed by atoms with Crippen molar-refractivity contribution in [2.75, 3.05) is 0 Å². The molecule has 0 aliphatic heterocycles. The lowest BCUT2D eigenvalue weighted by atomic mass is 10.3. The first kappa shape index (κ1) is 9.18. The summed E-state index contributed by atoms with van der Waals surface area (Å²) in [6.45, 7) is 0.402. The molecule has 0 atom stereocenters. The maximum absolute atomic E-state index is 5.86. The lowest BCUT2D eigenvalue weighted by molar-refractivity contribution is 0.761. The molecule has 0 bridgehead atoms. The van der Waals surface area contributed by atoms with Gasteiger partial charge in [0.2, 0.25) is 0 Å². The standard InChI is InChI=1S/C9H9ClN4/c10-7-2-1-3-8(4-7)14-9(5-11)6-12-13-14/h1-4,6H,5,11H2. The van der Waals surface area contributed by atoms with E-state index < -0.39 is 0 Å². The highest BCUT2D eigenvalue weighted by atomic mass is 35.5. The van der Waals surface area contributed by atoms with Crippen molar-refractivity contribution in [2.45, 2.75) is 6.54 Å². The molecule has 0 unspecified atom stereocenters. The fraction of sp³-hybridized carbons (Fsp3) is 0.111. The smallest absolute Gasteiger partial charge is 0.0781 e. The normalized spacial score (nSPS) is 10.4. The summed E-state index contributed by atoms with van der Waals surface area (Å²) in [5, 5.41) is 8.38. The summed E-state index contributed by atoms with van der Waals surface area (Å²) in [5.74, 6) is 0. The average Bonchev–Trinajstić information content (AvgIpc) is 2.65. The van der Waals surface area contributed by atoms with Crippen molar-refractivity contribution >= 4 is 11.6 Å². The van der Waals surface area contributed by atoms with Crippen LogP contribution in [-0.2, 0) is 6.54 Å². The Kier molecular flexibility index (Phi) is 2.47. The average molecular weight is 209 g/mol. The maximum atomic E-state index is 5.86. The molecule has 1 heterocycles. The number of hydrogen-bond acceptors (Lipinski definition) is 3. The van der Waals surface area contributed by atoms with Gasteiger partial charge < -0.3 is 5.73 Å². The predicted molar refractivity (Wildman–Crippen MR) is 54.3 cm³/mol. The van der Waals surface area contributed by atoms with Gasteiger partial charge >= 0.3 is 0 Å². The van der Waals surface area contributed by atoms with Crippen molar-refractivity contribution in [3.05, 3.63) is 41.2 Å². The number of aromatic nitrogens is 3.